The number of para-hydroxylation sites is 2. The molecule has 1 aliphatic heterocycles. The van der Waals surface area contributed by atoms with Crippen LogP contribution in [0, 0.1) is 0 Å². The Bertz CT molecular complexity index is 959. The van der Waals surface area contributed by atoms with Crippen molar-refractivity contribution in [2.75, 3.05) is 20.2 Å². The summed E-state index contributed by atoms with van der Waals surface area (Å²) < 4.78 is 13.2. The number of aromatic nitrogens is 4. The zero-order chi connectivity index (χ0) is 19.5. The van der Waals surface area contributed by atoms with Crippen molar-refractivity contribution >= 4 is 5.91 Å². The van der Waals surface area contributed by atoms with Crippen molar-refractivity contribution in [3.8, 4) is 22.9 Å². The normalized spacial score (nSPS) is 16.4. The first-order valence-corrected chi connectivity index (χ1v) is 9.08. The summed E-state index contributed by atoms with van der Waals surface area (Å²) in [5.74, 6) is 1.34. The molecule has 0 radical (unpaired) electrons. The van der Waals surface area contributed by atoms with Crippen molar-refractivity contribution in [1.82, 2.24) is 24.9 Å². The van der Waals surface area contributed by atoms with E-state index >= 15 is 0 Å². The number of rotatable bonds is 5. The smallest absolute Gasteiger partial charge is 0.247 e. The maximum Gasteiger partial charge on any atom is 0.247 e. The molecule has 3 aromatic rings. The van der Waals surface area contributed by atoms with Gasteiger partial charge in [-0.15, -0.1) is 5.10 Å². The van der Waals surface area contributed by atoms with E-state index in [1.165, 1.54) is 0 Å². The third-order valence-corrected chi connectivity index (χ3v) is 4.61. The summed E-state index contributed by atoms with van der Waals surface area (Å²) in [5.41, 5.74) is 1.34. The molecule has 0 spiro atoms. The van der Waals surface area contributed by atoms with Gasteiger partial charge < -0.3 is 14.4 Å². The Balaban J connectivity index is 1.39. The van der Waals surface area contributed by atoms with Crippen molar-refractivity contribution in [2.24, 2.45) is 0 Å². The molecule has 1 amide bonds. The number of benzene rings is 1. The highest BCUT2D eigenvalue weighted by molar-refractivity contribution is 5.79. The first-order chi connectivity index (χ1) is 13.6. The molecule has 8 nitrogen and oxygen atoms in total. The van der Waals surface area contributed by atoms with E-state index in [4.69, 9.17) is 9.47 Å². The van der Waals surface area contributed by atoms with Gasteiger partial charge in [-0.25, -0.2) is 4.68 Å². The molecule has 0 saturated heterocycles. The zero-order valence-corrected chi connectivity index (χ0v) is 15.7. The maximum absolute atomic E-state index is 12.8. The van der Waals surface area contributed by atoms with E-state index < -0.39 is 6.04 Å². The van der Waals surface area contributed by atoms with Gasteiger partial charge in [-0.1, -0.05) is 23.4 Å². The van der Waals surface area contributed by atoms with Gasteiger partial charge in [0.15, 0.2) is 17.6 Å². The second kappa shape index (κ2) is 7.67. The third-order valence-electron chi connectivity index (χ3n) is 4.61. The van der Waals surface area contributed by atoms with Crippen LogP contribution in [0.25, 0.3) is 11.4 Å². The van der Waals surface area contributed by atoms with Gasteiger partial charge in [-0.05, 0) is 31.2 Å². The van der Waals surface area contributed by atoms with Gasteiger partial charge in [0.1, 0.15) is 18.3 Å². The van der Waals surface area contributed by atoms with Crippen LogP contribution in [0.2, 0.25) is 0 Å². The highest BCUT2D eigenvalue weighted by atomic mass is 16.6. The molecule has 0 aliphatic carbocycles. The number of ether oxygens (including phenoxy) is 2. The van der Waals surface area contributed by atoms with Gasteiger partial charge in [0, 0.05) is 13.2 Å². The Labute approximate surface area is 162 Å². The largest absolute Gasteiger partial charge is 0.486 e. The third kappa shape index (κ3) is 3.66. The van der Waals surface area contributed by atoms with Crippen LogP contribution < -0.4 is 9.47 Å². The summed E-state index contributed by atoms with van der Waals surface area (Å²) in [7, 11) is 1.75. The highest BCUT2D eigenvalue weighted by Gasteiger charge is 2.27. The average molecular weight is 379 g/mol. The lowest BCUT2D eigenvalue weighted by Crippen LogP contribution is -2.43. The molecule has 0 saturated carbocycles. The van der Waals surface area contributed by atoms with Crippen LogP contribution in [-0.4, -0.2) is 57.1 Å². The van der Waals surface area contributed by atoms with Gasteiger partial charge in [0.05, 0.1) is 18.4 Å². The van der Waals surface area contributed by atoms with E-state index in [9.17, 15) is 4.79 Å². The van der Waals surface area contributed by atoms with Gasteiger partial charge in [-0.3, -0.25) is 9.78 Å². The molecule has 28 heavy (non-hydrogen) atoms. The number of carbonyl (C=O) groups excluding carboxylic acids is 1. The predicted octanol–water partition coefficient (Wildman–Crippen LogP) is 2.20. The summed E-state index contributed by atoms with van der Waals surface area (Å²) in [6, 6.07) is 12.6. The van der Waals surface area contributed by atoms with E-state index in [2.05, 4.69) is 15.3 Å². The molecule has 1 aromatic carbocycles. The van der Waals surface area contributed by atoms with Crippen LogP contribution in [0.3, 0.4) is 0 Å². The molecule has 0 fully saturated rings. The van der Waals surface area contributed by atoms with Crippen LogP contribution in [-0.2, 0) is 4.79 Å². The minimum absolute atomic E-state index is 0.0834. The number of hydrogen-bond donors (Lipinski definition) is 0. The Morgan fingerprint density at radius 3 is 2.79 bits per heavy atom. The van der Waals surface area contributed by atoms with Crippen molar-refractivity contribution < 1.29 is 14.3 Å². The lowest BCUT2D eigenvalue weighted by molar-refractivity contribution is -0.134. The zero-order valence-electron chi connectivity index (χ0n) is 15.7. The van der Waals surface area contributed by atoms with E-state index in [1.807, 2.05) is 42.5 Å². The number of pyridine rings is 1. The fraction of sp³-hybridized carbons (Fsp3) is 0.300. The number of fused-ring (bicyclic) bond motifs is 1. The number of nitrogens with zero attached hydrogens (tertiary/aromatic N) is 5. The molecule has 0 bridgehead atoms. The summed E-state index contributed by atoms with van der Waals surface area (Å²) in [4.78, 5) is 18.7. The second-order valence-electron chi connectivity index (χ2n) is 6.69. The second-order valence-corrected chi connectivity index (χ2v) is 6.69. The maximum atomic E-state index is 12.8. The van der Waals surface area contributed by atoms with Crippen molar-refractivity contribution in [2.45, 2.75) is 19.1 Å². The number of hydrogen-bond acceptors (Lipinski definition) is 6. The first-order valence-electron chi connectivity index (χ1n) is 9.08. The SMILES string of the molecule is CC(C(=O)N(C)CC1COc2ccccc2O1)n1cc(-c2ccccn2)nn1. The predicted molar refractivity (Wildman–Crippen MR) is 102 cm³/mol. The fourth-order valence-electron chi connectivity index (χ4n) is 3.08. The topological polar surface area (TPSA) is 82.4 Å². The van der Waals surface area contributed by atoms with Crippen molar-refractivity contribution in [1.29, 1.82) is 0 Å². The van der Waals surface area contributed by atoms with Gasteiger partial charge in [0.2, 0.25) is 5.91 Å². The number of likely N-dealkylation sites (N-methyl/N-ethyl adjacent to an activating group) is 1. The van der Waals surface area contributed by atoms with Gasteiger partial charge >= 0.3 is 0 Å². The lowest BCUT2D eigenvalue weighted by atomic mass is 10.2. The summed E-state index contributed by atoms with van der Waals surface area (Å²) in [6.07, 6.45) is 3.20. The lowest BCUT2D eigenvalue weighted by Gasteiger charge is -2.30. The quantitative estimate of drug-likeness (QED) is 0.676. The van der Waals surface area contributed by atoms with E-state index in [1.54, 1.807) is 35.9 Å². The molecule has 2 unspecified atom stereocenters. The fourth-order valence-corrected chi connectivity index (χ4v) is 3.08. The van der Waals surface area contributed by atoms with Crippen molar-refractivity contribution in [3.63, 3.8) is 0 Å². The Kier molecular flexibility index (Phi) is 4.92. The minimum atomic E-state index is -0.494. The Morgan fingerprint density at radius 1 is 1.21 bits per heavy atom. The van der Waals surface area contributed by atoms with Crippen LogP contribution in [0.5, 0.6) is 11.5 Å². The van der Waals surface area contributed by atoms with Crippen LogP contribution in [0.4, 0.5) is 0 Å². The van der Waals surface area contributed by atoms with Crippen LogP contribution >= 0.6 is 0 Å². The summed E-state index contributed by atoms with van der Waals surface area (Å²) >= 11 is 0. The molecule has 2 aromatic heterocycles. The molecule has 144 valence electrons. The van der Waals surface area contributed by atoms with E-state index in [0.29, 0.717) is 30.3 Å². The first kappa shape index (κ1) is 18.0. The molecule has 8 heteroatoms. The number of amides is 1. The van der Waals surface area contributed by atoms with Gasteiger partial charge in [-0.2, -0.15) is 0 Å². The monoisotopic (exact) mass is 379 g/mol. The average Bonchev–Trinajstić information content (AvgIpc) is 3.23. The molecule has 3 heterocycles. The van der Waals surface area contributed by atoms with Crippen molar-refractivity contribution in [3.05, 3.63) is 54.9 Å². The molecule has 1 aliphatic rings. The molecular formula is C20H21N5O3. The molecule has 2 atom stereocenters. The Morgan fingerprint density at radius 2 is 2.00 bits per heavy atom. The molecule has 4 rings (SSSR count). The van der Waals surface area contributed by atoms with Crippen LogP contribution in [0.15, 0.2) is 54.9 Å². The minimum Gasteiger partial charge on any atom is -0.486 e. The Hall–Kier alpha value is -3.42. The number of carbonyl (C=O) groups is 1. The van der Waals surface area contributed by atoms with E-state index in [0.717, 1.165) is 5.75 Å². The van der Waals surface area contributed by atoms with Crippen LogP contribution in [0.1, 0.15) is 13.0 Å². The van der Waals surface area contributed by atoms with E-state index in [-0.39, 0.29) is 12.0 Å². The van der Waals surface area contributed by atoms with Gasteiger partial charge in [0.25, 0.3) is 0 Å². The molecular weight excluding hydrogens is 358 g/mol. The highest BCUT2D eigenvalue weighted by Crippen LogP contribution is 2.31. The summed E-state index contributed by atoms with van der Waals surface area (Å²) in [5, 5.41) is 8.22. The molecule has 0 N–H and O–H groups in total. The summed E-state index contributed by atoms with van der Waals surface area (Å²) in [6.45, 7) is 2.61. The standard InChI is InChI=1S/C20H21N5O3/c1-14(25-12-17(22-23-25)16-7-5-6-10-21-16)20(26)24(2)11-15-13-27-18-8-3-4-9-19(18)28-15/h3-10,12,14-15H,11,13H2,1-2H3.